The van der Waals surface area contributed by atoms with Crippen LogP contribution in [0.15, 0.2) is 0 Å². The molecular weight excluding hydrogens is 519 g/mol. The second-order valence-corrected chi connectivity index (χ2v) is 12.4. The summed E-state index contributed by atoms with van der Waals surface area (Å²) in [5.74, 6) is -0.247. The monoisotopic (exact) mass is 555 g/mol. The molecule has 6 fully saturated rings. The van der Waals surface area contributed by atoms with Gasteiger partial charge in [-0.2, -0.15) is 0 Å². The number of hydrazine groups is 1. The van der Waals surface area contributed by atoms with Crippen LogP contribution in [0.25, 0.3) is 0 Å². The molecule has 0 aromatic rings. The van der Waals surface area contributed by atoms with Crippen LogP contribution >= 0.6 is 23.2 Å². The topological polar surface area (TPSA) is 101 Å². The standard InChI is InChI=1S/C24H37Cl2F2N3O5/c25-15-3-1-13(9-17(15)27)34-12-20(33)29-23-5-7-24(8-6-23,19(32)11-23)21-30-31-22(36-21)35-14-2-4-16(26)18(28)10-14/h13-19,21-22,30-32H,1-12H2,(H,29,33). The van der Waals surface area contributed by atoms with Crippen LogP contribution in [0.3, 0.4) is 0 Å². The molecule has 5 saturated carbocycles. The zero-order valence-corrected chi connectivity index (χ0v) is 21.8. The zero-order chi connectivity index (χ0) is 25.5. The average molecular weight is 556 g/mol. The van der Waals surface area contributed by atoms with Gasteiger partial charge in [0, 0.05) is 23.8 Å². The van der Waals surface area contributed by atoms with Gasteiger partial charge in [0.1, 0.15) is 25.2 Å². The van der Waals surface area contributed by atoms with E-state index in [0.29, 0.717) is 57.8 Å². The van der Waals surface area contributed by atoms with E-state index in [9.17, 15) is 18.7 Å². The van der Waals surface area contributed by atoms with Crippen molar-refractivity contribution in [2.45, 2.75) is 130 Å². The second-order valence-electron chi connectivity index (χ2n) is 11.3. The summed E-state index contributed by atoms with van der Waals surface area (Å²) in [6, 6.07) is 0. The Bertz CT molecular complexity index is 793. The number of hydrogen-bond acceptors (Lipinski definition) is 7. The first-order chi connectivity index (χ1) is 17.2. The van der Waals surface area contributed by atoms with E-state index in [2.05, 4.69) is 16.2 Å². The van der Waals surface area contributed by atoms with E-state index in [0.717, 1.165) is 0 Å². The molecule has 0 spiro atoms. The molecule has 6 rings (SSSR count). The highest BCUT2D eigenvalue weighted by Crippen LogP contribution is 2.55. The van der Waals surface area contributed by atoms with Crippen LogP contribution in [0.2, 0.25) is 0 Å². The Labute approximate surface area is 220 Å². The maximum atomic E-state index is 14.0. The van der Waals surface area contributed by atoms with Gasteiger partial charge in [0.05, 0.1) is 29.1 Å². The van der Waals surface area contributed by atoms with Crippen LogP contribution in [0.4, 0.5) is 8.78 Å². The normalized spacial score (nSPS) is 49.2. The summed E-state index contributed by atoms with van der Waals surface area (Å²) in [4.78, 5) is 12.7. The number of rotatable bonds is 7. The summed E-state index contributed by atoms with van der Waals surface area (Å²) >= 11 is 11.9. The van der Waals surface area contributed by atoms with Crippen LogP contribution < -0.4 is 16.2 Å². The number of carbonyl (C=O) groups excluding carboxylic acids is 1. The average Bonchev–Trinajstić information content (AvgIpc) is 3.32. The maximum absolute atomic E-state index is 14.0. The third kappa shape index (κ3) is 5.66. The maximum Gasteiger partial charge on any atom is 0.246 e. The van der Waals surface area contributed by atoms with Crippen molar-refractivity contribution >= 4 is 29.1 Å². The predicted molar refractivity (Wildman–Crippen MR) is 129 cm³/mol. The minimum atomic E-state index is -1.11. The van der Waals surface area contributed by atoms with E-state index in [-0.39, 0.29) is 37.6 Å². The van der Waals surface area contributed by atoms with Crippen molar-refractivity contribution in [1.29, 1.82) is 0 Å². The quantitative estimate of drug-likeness (QED) is 0.358. The Balaban J connectivity index is 1.09. The molecule has 36 heavy (non-hydrogen) atoms. The molecule has 1 aliphatic heterocycles. The van der Waals surface area contributed by atoms with Gasteiger partial charge in [-0.25, -0.2) is 19.6 Å². The highest BCUT2D eigenvalue weighted by Gasteiger charge is 2.59. The molecule has 0 aromatic carbocycles. The number of aliphatic hydroxyl groups excluding tert-OH is 1. The van der Waals surface area contributed by atoms with E-state index in [1.807, 2.05) is 0 Å². The lowest BCUT2D eigenvalue weighted by Crippen LogP contribution is -2.66. The number of aliphatic hydroxyl groups is 1. The van der Waals surface area contributed by atoms with Gasteiger partial charge in [0.2, 0.25) is 12.3 Å². The zero-order valence-electron chi connectivity index (χ0n) is 20.3. The summed E-state index contributed by atoms with van der Waals surface area (Å²) in [5, 5.41) is 13.3. The number of carbonyl (C=O) groups is 1. The molecular formula is C24H37Cl2F2N3O5. The highest BCUT2D eigenvalue weighted by atomic mass is 35.5. The van der Waals surface area contributed by atoms with Crippen molar-refractivity contribution in [3.63, 3.8) is 0 Å². The minimum absolute atomic E-state index is 0.130. The Kier molecular flexibility index (Phi) is 8.35. The number of fused-ring (bicyclic) bond motifs is 3. The number of nitrogens with one attached hydrogen (secondary N) is 3. The molecule has 6 aliphatic rings. The van der Waals surface area contributed by atoms with Crippen molar-refractivity contribution < 1.29 is 32.9 Å². The Morgan fingerprint density at radius 1 is 1.00 bits per heavy atom. The smallest absolute Gasteiger partial charge is 0.246 e. The molecule has 206 valence electrons. The fraction of sp³-hybridized carbons (Fsp3) is 0.958. The van der Waals surface area contributed by atoms with Crippen molar-refractivity contribution in [3.8, 4) is 0 Å². The van der Waals surface area contributed by atoms with E-state index < -0.39 is 52.8 Å². The number of halogens is 4. The number of alkyl halides is 4. The fourth-order valence-electron chi connectivity index (χ4n) is 6.66. The number of ether oxygens (including phenoxy) is 3. The molecule has 12 heteroatoms. The summed E-state index contributed by atoms with van der Waals surface area (Å²) in [6.45, 7) is -0.130. The van der Waals surface area contributed by atoms with Gasteiger partial charge < -0.3 is 24.6 Å². The first-order valence-corrected chi connectivity index (χ1v) is 14.0. The molecule has 2 bridgehead atoms. The summed E-state index contributed by atoms with van der Waals surface area (Å²) in [7, 11) is 0. The molecule has 4 N–H and O–H groups in total. The summed E-state index contributed by atoms with van der Waals surface area (Å²) < 4.78 is 45.5. The van der Waals surface area contributed by atoms with Gasteiger partial charge in [0.25, 0.3) is 0 Å². The van der Waals surface area contributed by atoms with Gasteiger partial charge in [0.15, 0.2) is 0 Å². The third-order valence-electron chi connectivity index (χ3n) is 8.96. The lowest BCUT2D eigenvalue weighted by Gasteiger charge is -2.57. The Hall–Kier alpha value is -0.330. The second kappa shape index (κ2) is 11.0. The predicted octanol–water partition coefficient (Wildman–Crippen LogP) is 2.93. The van der Waals surface area contributed by atoms with Crippen molar-refractivity contribution in [3.05, 3.63) is 0 Å². The van der Waals surface area contributed by atoms with Crippen LogP contribution in [0.1, 0.15) is 70.6 Å². The number of amides is 1. The molecule has 1 saturated heterocycles. The van der Waals surface area contributed by atoms with Crippen molar-refractivity contribution in [2.75, 3.05) is 6.61 Å². The molecule has 1 heterocycles. The molecule has 5 aliphatic carbocycles. The SMILES string of the molecule is O=C(COC1CCC(Cl)C(F)C1)NC12CCC(C3NNC(OC4CCC(Cl)C(F)C4)O3)(CC1)C(O)C2. The summed E-state index contributed by atoms with van der Waals surface area (Å²) in [6.07, 6.45) is 1.33. The third-order valence-corrected chi connectivity index (χ3v) is 9.94. The van der Waals surface area contributed by atoms with Crippen LogP contribution in [-0.4, -0.2) is 77.2 Å². The molecule has 8 nitrogen and oxygen atoms in total. The minimum Gasteiger partial charge on any atom is -0.392 e. The van der Waals surface area contributed by atoms with Gasteiger partial charge in [-0.1, -0.05) is 0 Å². The molecule has 1 amide bonds. The van der Waals surface area contributed by atoms with Crippen LogP contribution in [-0.2, 0) is 19.0 Å². The largest absolute Gasteiger partial charge is 0.392 e. The Morgan fingerprint density at radius 2 is 1.64 bits per heavy atom. The van der Waals surface area contributed by atoms with Gasteiger partial charge >= 0.3 is 0 Å². The van der Waals surface area contributed by atoms with Crippen molar-refractivity contribution in [1.82, 2.24) is 16.2 Å². The fourth-order valence-corrected chi connectivity index (χ4v) is 7.12. The van der Waals surface area contributed by atoms with Gasteiger partial charge in [-0.05, 0) is 57.8 Å². The van der Waals surface area contributed by atoms with E-state index >= 15 is 0 Å². The van der Waals surface area contributed by atoms with Gasteiger partial charge in [-0.15, -0.1) is 23.2 Å². The van der Waals surface area contributed by atoms with Crippen LogP contribution in [0, 0.1) is 5.41 Å². The highest BCUT2D eigenvalue weighted by molar-refractivity contribution is 6.21. The molecule has 9 atom stereocenters. The van der Waals surface area contributed by atoms with E-state index in [1.54, 1.807) is 0 Å². The van der Waals surface area contributed by atoms with Crippen LogP contribution in [0.5, 0.6) is 0 Å². The van der Waals surface area contributed by atoms with E-state index in [4.69, 9.17) is 37.4 Å². The molecule has 9 unspecified atom stereocenters. The van der Waals surface area contributed by atoms with Crippen molar-refractivity contribution in [2.24, 2.45) is 5.41 Å². The lowest BCUT2D eigenvalue weighted by atomic mass is 9.55. The first-order valence-electron chi connectivity index (χ1n) is 13.2. The van der Waals surface area contributed by atoms with E-state index in [1.165, 1.54) is 0 Å². The Morgan fingerprint density at radius 3 is 2.28 bits per heavy atom. The molecule has 0 aromatic heterocycles. The molecule has 0 radical (unpaired) electrons. The number of hydrogen-bond donors (Lipinski definition) is 4. The lowest BCUT2D eigenvalue weighted by molar-refractivity contribution is -0.225. The first kappa shape index (κ1) is 27.2. The summed E-state index contributed by atoms with van der Waals surface area (Å²) in [5.41, 5.74) is 5.11. The van der Waals surface area contributed by atoms with Gasteiger partial charge in [-0.3, -0.25) is 4.79 Å².